The Morgan fingerprint density at radius 2 is 1.94 bits per heavy atom. The number of thiophene rings is 1. The zero-order valence-corrected chi connectivity index (χ0v) is 20.7. The molecule has 2 aliphatic rings. The van der Waals surface area contributed by atoms with Crippen molar-refractivity contribution in [3.63, 3.8) is 0 Å². The molecule has 2 aromatic heterocycles. The standard InChI is InChI=1S/C26H31N3O4S/c1-26(2,3)11-9-20-16-21(23(34-20)25(31)32)28-18-5-7-19(8-6-18)33-22-15-17(10-12-27-22)24(30)29-13-4-14-29/h10,12,15-16,18-19,28H,4-8,13-14H2,1-3H3,(H,31,32)/t18-,19-. The number of anilines is 1. The number of ether oxygens (including phenoxy) is 1. The molecule has 180 valence electrons. The summed E-state index contributed by atoms with van der Waals surface area (Å²) in [6.45, 7) is 7.71. The summed E-state index contributed by atoms with van der Waals surface area (Å²) in [5.41, 5.74) is 1.11. The molecule has 3 heterocycles. The van der Waals surface area contributed by atoms with E-state index in [0.717, 1.165) is 50.1 Å². The van der Waals surface area contributed by atoms with Gasteiger partial charge in [-0.15, -0.1) is 11.3 Å². The highest BCUT2D eigenvalue weighted by Crippen LogP contribution is 2.31. The van der Waals surface area contributed by atoms with Crippen molar-refractivity contribution in [3.8, 4) is 17.7 Å². The van der Waals surface area contributed by atoms with Crippen LogP contribution < -0.4 is 10.1 Å². The van der Waals surface area contributed by atoms with Gasteiger partial charge in [0.2, 0.25) is 5.88 Å². The molecule has 2 aromatic rings. The summed E-state index contributed by atoms with van der Waals surface area (Å²) in [6.07, 6.45) is 6.07. The third-order valence-electron chi connectivity index (χ3n) is 5.93. The molecule has 1 saturated carbocycles. The van der Waals surface area contributed by atoms with Gasteiger partial charge in [0, 0.05) is 42.4 Å². The number of hydrogen-bond acceptors (Lipinski definition) is 6. The molecule has 0 spiro atoms. The number of pyridine rings is 1. The van der Waals surface area contributed by atoms with Gasteiger partial charge in [0.15, 0.2) is 0 Å². The fourth-order valence-electron chi connectivity index (χ4n) is 3.99. The first-order valence-corrected chi connectivity index (χ1v) is 12.6. The van der Waals surface area contributed by atoms with Crippen LogP contribution >= 0.6 is 11.3 Å². The number of likely N-dealkylation sites (tertiary alicyclic amines) is 1. The molecule has 0 radical (unpaired) electrons. The first-order valence-electron chi connectivity index (χ1n) is 11.8. The van der Waals surface area contributed by atoms with Gasteiger partial charge in [-0.25, -0.2) is 9.78 Å². The SMILES string of the molecule is CC(C)(C)C#Cc1cc(N[C@H]2CC[C@H](Oc3cc(C(=O)N4CCC4)ccn3)CC2)c(C(=O)O)s1. The fourth-order valence-corrected chi connectivity index (χ4v) is 4.81. The lowest BCUT2D eigenvalue weighted by Crippen LogP contribution is -2.42. The number of carbonyl (C=O) groups excluding carboxylic acids is 1. The molecule has 34 heavy (non-hydrogen) atoms. The minimum atomic E-state index is -0.938. The van der Waals surface area contributed by atoms with Crippen LogP contribution in [0.1, 0.15) is 77.8 Å². The van der Waals surface area contributed by atoms with Crippen molar-refractivity contribution >= 4 is 28.9 Å². The molecule has 4 rings (SSSR count). The highest BCUT2D eigenvalue weighted by Gasteiger charge is 2.26. The number of carbonyl (C=O) groups is 2. The maximum atomic E-state index is 12.4. The normalized spacial score (nSPS) is 20.0. The number of amides is 1. The largest absolute Gasteiger partial charge is 0.477 e. The third-order valence-corrected chi connectivity index (χ3v) is 6.97. The number of hydrogen-bond donors (Lipinski definition) is 2. The van der Waals surface area contributed by atoms with Gasteiger partial charge in [-0.1, -0.05) is 11.8 Å². The fraction of sp³-hybridized carbons (Fsp3) is 0.500. The Kier molecular flexibility index (Phi) is 7.13. The molecule has 2 N–H and O–H groups in total. The van der Waals surface area contributed by atoms with Crippen LogP contribution in [0.25, 0.3) is 0 Å². The number of aromatic nitrogens is 1. The number of carboxylic acids is 1. The van der Waals surface area contributed by atoms with E-state index in [1.807, 2.05) is 31.7 Å². The Bertz CT molecular complexity index is 1110. The van der Waals surface area contributed by atoms with E-state index >= 15 is 0 Å². The summed E-state index contributed by atoms with van der Waals surface area (Å²) in [5, 5.41) is 13.0. The number of aromatic carboxylic acids is 1. The van der Waals surface area contributed by atoms with Crippen molar-refractivity contribution in [1.29, 1.82) is 0 Å². The van der Waals surface area contributed by atoms with Crippen molar-refractivity contribution in [3.05, 3.63) is 39.7 Å². The Balaban J connectivity index is 1.34. The number of rotatable bonds is 6. The quantitative estimate of drug-likeness (QED) is 0.571. The zero-order chi connectivity index (χ0) is 24.3. The summed E-state index contributed by atoms with van der Waals surface area (Å²) < 4.78 is 6.09. The van der Waals surface area contributed by atoms with Crippen LogP contribution in [0.2, 0.25) is 0 Å². The molecule has 1 aliphatic carbocycles. The van der Waals surface area contributed by atoms with Crippen LogP contribution in [0.5, 0.6) is 5.88 Å². The summed E-state index contributed by atoms with van der Waals surface area (Å²) in [7, 11) is 0. The second-order valence-corrected chi connectivity index (χ2v) is 11.0. The summed E-state index contributed by atoms with van der Waals surface area (Å²) >= 11 is 1.21. The van der Waals surface area contributed by atoms with Crippen molar-refractivity contribution in [2.75, 3.05) is 18.4 Å². The van der Waals surface area contributed by atoms with Gasteiger partial charge in [0.1, 0.15) is 11.0 Å². The van der Waals surface area contributed by atoms with E-state index in [1.165, 1.54) is 11.3 Å². The molecule has 1 aliphatic heterocycles. The molecule has 2 fully saturated rings. The van der Waals surface area contributed by atoms with Gasteiger partial charge in [0.25, 0.3) is 5.91 Å². The highest BCUT2D eigenvalue weighted by atomic mass is 32.1. The molecule has 1 amide bonds. The van der Waals surface area contributed by atoms with Crippen LogP contribution in [0.4, 0.5) is 5.69 Å². The van der Waals surface area contributed by atoms with Crippen LogP contribution in [0.15, 0.2) is 24.4 Å². The van der Waals surface area contributed by atoms with Gasteiger partial charge in [-0.2, -0.15) is 0 Å². The molecule has 1 saturated heterocycles. The van der Waals surface area contributed by atoms with E-state index in [0.29, 0.717) is 22.0 Å². The van der Waals surface area contributed by atoms with Crippen LogP contribution in [-0.4, -0.2) is 52.1 Å². The topological polar surface area (TPSA) is 91.8 Å². The Morgan fingerprint density at radius 1 is 1.21 bits per heavy atom. The highest BCUT2D eigenvalue weighted by molar-refractivity contribution is 7.15. The van der Waals surface area contributed by atoms with Crippen LogP contribution in [-0.2, 0) is 0 Å². The third kappa shape index (κ3) is 6.09. The van der Waals surface area contributed by atoms with E-state index in [9.17, 15) is 14.7 Å². The second-order valence-electron chi connectivity index (χ2n) is 9.92. The molecular weight excluding hydrogens is 450 g/mol. The van der Waals surface area contributed by atoms with Crippen LogP contribution in [0.3, 0.4) is 0 Å². The van der Waals surface area contributed by atoms with Gasteiger partial charge in [-0.05, 0) is 65.0 Å². The van der Waals surface area contributed by atoms with E-state index < -0.39 is 5.97 Å². The Labute approximate surface area is 204 Å². The Hall–Kier alpha value is -3.05. The molecule has 0 aromatic carbocycles. The first-order chi connectivity index (χ1) is 16.2. The lowest BCUT2D eigenvalue weighted by atomic mass is 9.92. The van der Waals surface area contributed by atoms with Crippen molar-refractivity contribution in [1.82, 2.24) is 9.88 Å². The predicted octanol–water partition coefficient (Wildman–Crippen LogP) is 4.89. The average Bonchev–Trinajstić information content (AvgIpc) is 3.15. The van der Waals surface area contributed by atoms with E-state index in [1.54, 1.807) is 18.3 Å². The number of nitrogens with zero attached hydrogens (tertiary/aromatic N) is 2. The smallest absolute Gasteiger partial charge is 0.348 e. The maximum absolute atomic E-state index is 12.4. The zero-order valence-electron chi connectivity index (χ0n) is 19.9. The average molecular weight is 482 g/mol. The van der Waals surface area contributed by atoms with Crippen molar-refractivity contribution < 1.29 is 19.4 Å². The second kappa shape index (κ2) is 10.1. The molecule has 7 nitrogen and oxygen atoms in total. The van der Waals surface area contributed by atoms with Gasteiger partial charge < -0.3 is 20.1 Å². The summed E-state index contributed by atoms with van der Waals surface area (Å²) in [5.74, 6) is 5.85. The summed E-state index contributed by atoms with van der Waals surface area (Å²) in [4.78, 5) is 31.3. The molecule has 0 bridgehead atoms. The van der Waals surface area contributed by atoms with E-state index in [4.69, 9.17) is 4.74 Å². The summed E-state index contributed by atoms with van der Waals surface area (Å²) in [6, 6.07) is 5.48. The minimum absolute atomic E-state index is 0.0227. The van der Waals surface area contributed by atoms with Crippen molar-refractivity contribution in [2.24, 2.45) is 5.41 Å². The maximum Gasteiger partial charge on any atom is 0.348 e. The number of nitrogens with one attached hydrogen (secondary N) is 1. The van der Waals surface area contributed by atoms with Gasteiger partial charge >= 0.3 is 5.97 Å². The lowest BCUT2D eigenvalue weighted by Gasteiger charge is -2.31. The van der Waals surface area contributed by atoms with E-state index in [2.05, 4.69) is 22.1 Å². The number of carboxylic acid groups (broad SMARTS) is 1. The monoisotopic (exact) mass is 481 g/mol. The lowest BCUT2D eigenvalue weighted by molar-refractivity contribution is 0.0649. The molecule has 0 unspecified atom stereocenters. The van der Waals surface area contributed by atoms with Crippen molar-refractivity contribution in [2.45, 2.75) is 65.0 Å². The van der Waals surface area contributed by atoms with Crippen LogP contribution in [0, 0.1) is 17.3 Å². The molecule has 8 heteroatoms. The van der Waals surface area contributed by atoms with Gasteiger partial charge in [-0.3, -0.25) is 4.79 Å². The van der Waals surface area contributed by atoms with E-state index in [-0.39, 0.29) is 23.5 Å². The minimum Gasteiger partial charge on any atom is -0.477 e. The molecular formula is C26H31N3O4S. The first kappa shape index (κ1) is 24.1. The predicted molar refractivity (Wildman–Crippen MR) is 133 cm³/mol. The molecule has 0 atom stereocenters. The van der Waals surface area contributed by atoms with Gasteiger partial charge in [0.05, 0.1) is 10.6 Å². The Morgan fingerprint density at radius 3 is 2.56 bits per heavy atom.